The van der Waals surface area contributed by atoms with E-state index in [1.807, 2.05) is 0 Å². The average molecular weight is 276 g/mol. The van der Waals surface area contributed by atoms with Gasteiger partial charge in [-0.15, -0.1) is 0 Å². The molecule has 0 saturated carbocycles. The Morgan fingerprint density at radius 3 is 3.00 bits per heavy atom. The van der Waals surface area contributed by atoms with Gasteiger partial charge in [0.25, 0.3) is 0 Å². The molecule has 108 valence electrons. The molecule has 0 aliphatic carbocycles. The topological polar surface area (TPSA) is 47.3 Å². The Hall–Kier alpha value is -1.44. The Labute approximate surface area is 119 Å². The van der Waals surface area contributed by atoms with Crippen molar-refractivity contribution in [1.82, 2.24) is 4.90 Å². The fourth-order valence-corrected chi connectivity index (χ4v) is 2.95. The standard InChI is InChI=1S/C16H21FN2O/c1-12(20)8-16-4-2-3-7-19(16)11-14-9-15(17)6-5-13(14)10-18/h5-6,9,12,16,20H,2-4,7-8,11H2,1H3. The van der Waals surface area contributed by atoms with Crippen molar-refractivity contribution in [1.29, 1.82) is 5.26 Å². The number of hydrogen-bond donors (Lipinski definition) is 1. The number of aliphatic hydroxyl groups is 1. The Morgan fingerprint density at radius 2 is 2.30 bits per heavy atom. The van der Waals surface area contributed by atoms with Crippen LogP contribution in [0.5, 0.6) is 0 Å². The molecule has 1 fully saturated rings. The van der Waals surface area contributed by atoms with Crippen molar-refractivity contribution in [3.05, 3.63) is 35.1 Å². The predicted octanol–water partition coefficient (Wildman–Crippen LogP) is 2.82. The average Bonchev–Trinajstić information content (AvgIpc) is 2.41. The Morgan fingerprint density at radius 1 is 1.50 bits per heavy atom. The predicted molar refractivity (Wildman–Crippen MR) is 75.5 cm³/mol. The first kappa shape index (κ1) is 15.0. The molecule has 0 aromatic heterocycles. The summed E-state index contributed by atoms with van der Waals surface area (Å²) in [7, 11) is 0. The molecule has 1 heterocycles. The largest absolute Gasteiger partial charge is 0.393 e. The first-order chi connectivity index (χ1) is 9.60. The van der Waals surface area contributed by atoms with E-state index in [1.165, 1.54) is 24.6 Å². The zero-order valence-corrected chi connectivity index (χ0v) is 11.8. The molecule has 2 unspecified atom stereocenters. The Bertz CT molecular complexity index is 496. The van der Waals surface area contributed by atoms with E-state index in [-0.39, 0.29) is 11.9 Å². The quantitative estimate of drug-likeness (QED) is 0.920. The summed E-state index contributed by atoms with van der Waals surface area (Å²) in [5, 5.41) is 18.7. The maximum absolute atomic E-state index is 13.4. The van der Waals surface area contributed by atoms with E-state index >= 15 is 0 Å². The number of rotatable bonds is 4. The monoisotopic (exact) mass is 276 g/mol. The van der Waals surface area contributed by atoms with Crippen LogP contribution in [0.15, 0.2) is 18.2 Å². The fraction of sp³-hybridized carbons (Fsp3) is 0.562. The van der Waals surface area contributed by atoms with E-state index in [0.717, 1.165) is 31.4 Å². The van der Waals surface area contributed by atoms with Crippen LogP contribution in [0.4, 0.5) is 4.39 Å². The van der Waals surface area contributed by atoms with E-state index in [1.54, 1.807) is 6.92 Å². The van der Waals surface area contributed by atoms with E-state index in [4.69, 9.17) is 5.26 Å². The van der Waals surface area contributed by atoms with Gasteiger partial charge in [0.2, 0.25) is 0 Å². The first-order valence-electron chi connectivity index (χ1n) is 7.21. The lowest BCUT2D eigenvalue weighted by molar-refractivity contribution is 0.0816. The molecule has 0 spiro atoms. The molecule has 0 amide bonds. The van der Waals surface area contributed by atoms with Gasteiger partial charge in [0, 0.05) is 12.6 Å². The minimum absolute atomic E-state index is 0.303. The van der Waals surface area contributed by atoms with Gasteiger partial charge in [0.15, 0.2) is 0 Å². The van der Waals surface area contributed by atoms with Crippen molar-refractivity contribution in [3.8, 4) is 6.07 Å². The maximum Gasteiger partial charge on any atom is 0.123 e. The second-order valence-corrected chi connectivity index (χ2v) is 5.62. The summed E-state index contributed by atoms with van der Waals surface area (Å²) in [6.07, 6.45) is 3.75. The third-order valence-electron chi connectivity index (χ3n) is 3.92. The van der Waals surface area contributed by atoms with Gasteiger partial charge in [-0.3, -0.25) is 4.90 Å². The number of likely N-dealkylation sites (tertiary alicyclic amines) is 1. The molecule has 20 heavy (non-hydrogen) atoms. The lowest BCUT2D eigenvalue weighted by Gasteiger charge is -2.36. The number of nitrogens with zero attached hydrogens (tertiary/aromatic N) is 2. The van der Waals surface area contributed by atoms with Crippen LogP contribution in [0.3, 0.4) is 0 Å². The molecule has 1 saturated heterocycles. The number of halogens is 1. The van der Waals surface area contributed by atoms with Gasteiger partial charge in [-0.25, -0.2) is 4.39 Å². The Balaban J connectivity index is 2.14. The molecule has 1 aliphatic rings. The van der Waals surface area contributed by atoms with Crippen LogP contribution in [-0.4, -0.2) is 28.7 Å². The van der Waals surface area contributed by atoms with Gasteiger partial charge < -0.3 is 5.11 Å². The number of benzene rings is 1. The molecule has 1 aliphatic heterocycles. The maximum atomic E-state index is 13.4. The van der Waals surface area contributed by atoms with Crippen molar-refractivity contribution in [3.63, 3.8) is 0 Å². The second kappa shape index (κ2) is 6.83. The molecular weight excluding hydrogens is 255 g/mol. The molecule has 1 aromatic rings. The van der Waals surface area contributed by atoms with E-state index in [2.05, 4.69) is 11.0 Å². The normalized spacial score (nSPS) is 21.4. The summed E-state index contributed by atoms with van der Waals surface area (Å²) in [6.45, 7) is 3.33. The van der Waals surface area contributed by atoms with Crippen LogP contribution in [0.2, 0.25) is 0 Å². The number of hydrogen-bond acceptors (Lipinski definition) is 3. The van der Waals surface area contributed by atoms with Crippen molar-refractivity contribution in [2.75, 3.05) is 6.54 Å². The van der Waals surface area contributed by atoms with Gasteiger partial charge in [-0.1, -0.05) is 6.42 Å². The van der Waals surface area contributed by atoms with Crippen molar-refractivity contribution >= 4 is 0 Å². The van der Waals surface area contributed by atoms with E-state index < -0.39 is 0 Å². The van der Waals surface area contributed by atoms with Gasteiger partial charge in [-0.05, 0) is 56.5 Å². The summed E-state index contributed by atoms with van der Waals surface area (Å²) in [5.41, 5.74) is 1.28. The van der Waals surface area contributed by atoms with E-state index in [0.29, 0.717) is 18.2 Å². The summed E-state index contributed by atoms with van der Waals surface area (Å²) in [4.78, 5) is 2.27. The number of aliphatic hydroxyl groups excluding tert-OH is 1. The highest BCUT2D eigenvalue weighted by molar-refractivity contribution is 5.37. The zero-order valence-electron chi connectivity index (χ0n) is 11.8. The molecule has 1 N–H and O–H groups in total. The molecule has 0 bridgehead atoms. The lowest BCUT2D eigenvalue weighted by Crippen LogP contribution is -2.40. The summed E-state index contributed by atoms with van der Waals surface area (Å²) >= 11 is 0. The smallest absolute Gasteiger partial charge is 0.123 e. The third kappa shape index (κ3) is 3.78. The van der Waals surface area contributed by atoms with E-state index in [9.17, 15) is 9.50 Å². The lowest BCUT2D eigenvalue weighted by atomic mass is 9.96. The van der Waals surface area contributed by atoms with Crippen LogP contribution >= 0.6 is 0 Å². The summed E-state index contributed by atoms with van der Waals surface area (Å²) in [5.74, 6) is -0.303. The molecule has 2 atom stereocenters. The SMILES string of the molecule is CC(O)CC1CCCCN1Cc1cc(F)ccc1C#N. The van der Waals surface area contributed by atoms with Crippen molar-refractivity contribution in [2.24, 2.45) is 0 Å². The van der Waals surface area contributed by atoms with Crippen LogP contribution in [0, 0.1) is 17.1 Å². The summed E-state index contributed by atoms with van der Waals surface area (Å²) in [6, 6.07) is 6.76. The van der Waals surface area contributed by atoms with Crippen molar-refractivity contribution in [2.45, 2.75) is 51.3 Å². The highest BCUT2D eigenvalue weighted by atomic mass is 19.1. The highest BCUT2D eigenvalue weighted by Gasteiger charge is 2.24. The fourth-order valence-electron chi connectivity index (χ4n) is 2.95. The number of nitriles is 1. The van der Waals surface area contributed by atoms with Gasteiger partial charge >= 0.3 is 0 Å². The minimum atomic E-state index is -0.330. The molecule has 4 heteroatoms. The molecular formula is C16H21FN2O. The van der Waals surface area contributed by atoms with Crippen LogP contribution in [-0.2, 0) is 6.54 Å². The zero-order chi connectivity index (χ0) is 14.5. The molecule has 0 radical (unpaired) electrons. The van der Waals surface area contributed by atoms with Crippen molar-refractivity contribution < 1.29 is 9.50 Å². The number of piperidine rings is 1. The van der Waals surface area contributed by atoms with Gasteiger partial charge in [0.1, 0.15) is 5.82 Å². The van der Waals surface area contributed by atoms with Crippen LogP contribution in [0.1, 0.15) is 43.7 Å². The van der Waals surface area contributed by atoms with Gasteiger partial charge in [-0.2, -0.15) is 5.26 Å². The first-order valence-corrected chi connectivity index (χ1v) is 7.21. The van der Waals surface area contributed by atoms with Crippen LogP contribution in [0.25, 0.3) is 0 Å². The highest BCUT2D eigenvalue weighted by Crippen LogP contribution is 2.24. The molecule has 1 aromatic carbocycles. The summed E-state index contributed by atoms with van der Waals surface area (Å²) < 4.78 is 13.4. The molecule has 2 rings (SSSR count). The molecule has 3 nitrogen and oxygen atoms in total. The van der Waals surface area contributed by atoms with Crippen LogP contribution < -0.4 is 0 Å². The second-order valence-electron chi connectivity index (χ2n) is 5.62. The minimum Gasteiger partial charge on any atom is -0.393 e. The third-order valence-corrected chi connectivity index (χ3v) is 3.92. The Kier molecular flexibility index (Phi) is 5.11. The van der Waals surface area contributed by atoms with Gasteiger partial charge in [0.05, 0.1) is 17.7 Å².